The Kier molecular flexibility index (Phi) is 5.06. The second kappa shape index (κ2) is 6.49. The molecule has 0 amide bonds. The monoisotopic (exact) mass is 378 g/mol. The summed E-state index contributed by atoms with van der Waals surface area (Å²) >= 11 is 0. The standard InChI is InChI=1S/C15H20F2N2O5S/c1-8-12(15(2,3)13(8)24-4)18-10-6-5-9(7-11(10)19(20)21)25(22,23)14(16)17/h5-8,12-14,18H,1-4H3. The molecule has 1 saturated carbocycles. The molecule has 1 aromatic carbocycles. The van der Waals surface area contributed by atoms with Gasteiger partial charge in [0, 0.05) is 30.6 Å². The molecule has 0 radical (unpaired) electrons. The molecule has 0 saturated heterocycles. The first-order chi connectivity index (χ1) is 11.4. The minimum atomic E-state index is -4.90. The van der Waals surface area contributed by atoms with E-state index in [2.05, 4.69) is 5.32 Å². The van der Waals surface area contributed by atoms with E-state index in [4.69, 9.17) is 4.74 Å². The number of anilines is 1. The third-order valence-electron chi connectivity index (χ3n) is 4.83. The Hall–Kier alpha value is -1.81. The number of nitro groups is 1. The van der Waals surface area contributed by atoms with Gasteiger partial charge >= 0.3 is 5.76 Å². The van der Waals surface area contributed by atoms with Gasteiger partial charge in [-0.15, -0.1) is 0 Å². The summed E-state index contributed by atoms with van der Waals surface area (Å²) in [6.07, 6.45) is -0.0393. The highest BCUT2D eigenvalue weighted by molar-refractivity contribution is 7.91. The molecule has 1 aliphatic rings. The van der Waals surface area contributed by atoms with Crippen LogP contribution in [0.5, 0.6) is 0 Å². The molecule has 2 rings (SSSR count). The topological polar surface area (TPSA) is 98.5 Å². The Morgan fingerprint density at radius 1 is 1.36 bits per heavy atom. The highest BCUT2D eigenvalue weighted by Crippen LogP contribution is 2.49. The van der Waals surface area contributed by atoms with Crippen molar-refractivity contribution >= 4 is 21.2 Å². The Bertz CT molecular complexity index is 782. The number of nitrogens with one attached hydrogen (secondary N) is 1. The van der Waals surface area contributed by atoms with Crippen LogP contribution in [0, 0.1) is 21.4 Å². The molecule has 3 unspecified atom stereocenters. The number of hydrogen-bond donors (Lipinski definition) is 1. The normalized spacial score (nSPS) is 25.5. The fourth-order valence-corrected chi connectivity index (χ4v) is 4.40. The maximum absolute atomic E-state index is 12.7. The van der Waals surface area contributed by atoms with Gasteiger partial charge in [0.05, 0.1) is 15.9 Å². The molecule has 10 heteroatoms. The van der Waals surface area contributed by atoms with Gasteiger partial charge < -0.3 is 10.1 Å². The number of benzene rings is 1. The van der Waals surface area contributed by atoms with E-state index < -0.39 is 31.1 Å². The van der Waals surface area contributed by atoms with Gasteiger partial charge in [-0.05, 0) is 12.1 Å². The minimum Gasteiger partial charge on any atom is -0.380 e. The van der Waals surface area contributed by atoms with E-state index in [0.717, 1.165) is 12.1 Å². The SMILES string of the molecule is COC1C(C)C(Nc2ccc(S(=O)(=O)C(F)F)cc2[N+](=O)[O-])C1(C)C. The summed E-state index contributed by atoms with van der Waals surface area (Å²) in [5.74, 6) is -3.58. The molecule has 0 aromatic heterocycles. The van der Waals surface area contributed by atoms with Crippen molar-refractivity contribution in [2.75, 3.05) is 12.4 Å². The van der Waals surface area contributed by atoms with Gasteiger partial charge in [0.15, 0.2) is 0 Å². The number of rotatable bonds is 6. The number of nitrogens with zero attached hydrogens (tertiary/aromatic N) is 1. The van der Waals surface area contributed by atoms with Crippen molar-refractivity contribution in [2.24, 2.45) is 11.3 Å². The van der Waals surface area contributed by atoms with Gasteiger partial charge in [0.1, 0.15) is 5.69 Å². The van der Waals surface area contributed by atoms with Crippen LogP contribution in [-0.4, -0.2) is 38.4 Å². The highest BCUT2D eigenvalue weighted by atomic mass is 32.2. The van der Waals surface area contributed by atoms with E-state index >= 15 is 0 Å². The summed E-state index contributed by atoms with van der Waals surface area (Å²) in [4.78, 5) is 9.70. The number of nitro benzene ring substituents is 1. The first-order valence-corrected chi connectivity index (χ1v) is 9.09. The summed E-state index contributed by atoms with van der Waals surface area (Å²) in [6, 6.07) is 2.60. The Morgan fingerprint density at radius 3 is 2.40 bits per heavy atom. The summed E-state index contributed by atoms with van der Waals surface area (Å²) in [6.45, 7) is 5.82. The lowest BCUT2D eigenvalue weighted by molar-refractivity contribution is -0.384. The van der Waals surface area contributed by atoms with Crippen LogP contribution in [0.2, 0.25) is 0 Å². The van der Waals surface area contributed by atoms with Crippen molar-refractivity contribution in [3.8, 4) is 0 Å². The molecule has 3 atom stereocenters. The number of halogens is 2. The third kappa shape index (κ3) is 3.20. The molecule has 140 valence electrons. The van der Waals surface area contributed by atoms with Crippen molar-refractivity contribution in [3.63, 3.8) is 0 Å². The average molecular weight is 378 g/mol. The first kappa shape index (κ1) is 19.5. The van der Waals surface area contributed by atoms with Gasteiger partial charge in [0.25, 0.3) is 5.69 Å². The predicted molar refractivity (Wildman–Crippen MR) is 87.4 cm³/mol. The molecule has 0 heterocycles. The average Bonchev–Trinajstić information content (AvgIpc) is 2.52. The van der Waals surface area contributed by atoms with Crippen molar-refractivity contribution in [1.29, 1.82) is 0 Å². The largest absolute Gasteiger partial charge is 0.380 e. The molecular weight excluding hydrogens is 358 g/mol. The fourth-order valence-electron chi connectivity index (χ4n) is 3.66. The second-order valence-electron chi connectivity index (χ2n) is 6.70. The van der Waals surface area contributed by atoms with Crippen LogP contribution < -0.4 is 5.32 Å². The number of sulfone groups is 1. The van der Waals surface area contributed by atoms with Crippen molar-refractivity contribution < 1.29 is 26.9 Å². The van der Waals surface area contributed by atoms with Crippen molar-refractivity contribution in [3.05, 3.63) is 28.3 Å². The van der Waals surface area contributed by atoms with E-state index in [1.165, 1.54) is 0 Å². The molecule has 25 heavy (non-hydrogen) atoms. The maximum Gasteiger partial charge on any atom is 0.341 e. The molecule has 7 nitrogen and oxygen atoms in total. The predicted octanol–water partition coefficient (Wildman–Crippen LogP) is 3.06. The zero-order valence-electron chi connectivity index (χ0n) is 14.2. The van der Waals surface area contributed by atoms with E-state index in [9.17, 15) is 27.3 Å². The summed E-state index contributed by atoms with van der Waals surface area (Å²) in [5.41, 5.74) is -0.793. The van der Waals surface area contributed by atoms with Crippen LogP contribution in [-0.2, 0) is 14.6 Å². The number of hydrogen-bond acceptors (Lipinski definition) is 6. The van der Waals surface area contributed by atoms with E-state index in [1.54, 1.807) is 7.11 Å². The van der Waals surface area contributed by atoms with Crippen molar-refractivity contribution in [1.82, 2.24) is 0 Å². The third-order valence-corrected chi connectivity index (χ3v) is 6.21. The molecule has 1 aliphatic carbocycles. The lowest BCUT2D eigenvalue weighted by Gasteiger charge is -2.56. The first-order valence-electron chi connectivity index (χ1n) is 7.54. The molecule has 0 spiro atoms. The van der Waals surface area contributed by atoms with Gasteiger partial charge in [-0.2, -0.15) is 8.78 Å². The molecule has 1 aromatic rings. The van der Waals surface area contributed by atoms with E-state index in [1.807, 2.05) is 20.8 Å². The number of methoxy groups -OCH3 is 1. The van der Waals surface area contributed by atoms with Crippen LogP contribution in [0.4, 0.5) is 20.2 Å². The Labute approximate surface area is 144 Å². The van der Waals surface area contributed by atoms with Gasteiger partial charge in [0.2, 0.25) is 9.84 Å². The molecular formula is C15H20F2N2O5S. The summed E-state index contributed by atoms with van der Waals surface area (Å²) in [5, 5.41) is 14.3. The van der Waals surface area contributed by atoms with Crippen LogP contribution in [0.25, 0.3) is 0 Å². The number of ether oxygens (including phenoxy) is 1. The van der Waals surface area contributed by atoms with Crippen molar-refractivity contribution in [2.45, 2.75) is 43.6 Å². The van der Waals surface area contributed by atoms with Gasteiger partial charge in [-0.1, -0.05) is 20.8 Å². The van der Waals surface area contributed by atoms with Crippen LogP contribution in [0.3, 0.4) is 0 Å². The smallest absolute Gasteiger partial charge is 0.341 e. The van der Waals surface area contributed by atoms with E-state index in [-0.39, 0.29) is 29.2 Å². The summed E-state index contributed by atoms with van der Waals surface area (Å²) in [7, 11) is -3.31. The summed E-state index contributed by atoms with van der Waals surface area (Å²) < 4.78 is 53.8. The fraction of sp³-hybridized carbons (Fsp3) is 0.600. The Morgan fingerprint density at radius 2 is 1.96 bits per heavy atom. The molecule has 1 N–H and O–H groups in total. The lowest BCUT2D eigenvalue weighted by atomic mass is 9.58. The van der Waals surface area contributed by atoms with Crippen LogP contribution in [0.1, 0.15) is 20.8 Å². The van der Waals surface area contributed by atoms with E-state index in [0.29, 0.717) is 6.07 Å². The van der Waals surface area contributed by atoms with Crippen LogP contribution >= 0.6 is 0 Å². The van der Waals surface area contributed by atoms with Crippen LogP contribution in [0.15, 0.2) is 23.1 Å². The quantitative estimate of drug-likeness (QED) is 0.603. The Balaban J connectivity index is 2.39. The van der Waals surface area contributed by atoms with Gasteiger partial charge in [-0.25, -0.2) is 8.42 Å². The maximum atomic E-state index is 12.7. The molecule has 0 aliphatic heterocycles. The molecule has 1 fully saturated rings. The second-order valence-corrected chi connectivity index (χ2v) is 8.62. The zero-order chi connectivity index (χ0) is 19.2. The minimum absolute atomic E-state index is 0.0393. The highest BCUT2D eigenvalue weighted by Gasteiger charge is 2.55. The number of alkyl halides is 2. The zero-order valence-corrected chi connectivity index (χ0v) is 15.0. The molecule has 0 bridgehead atoms. The lowest BCUT2D eigenvalue weighted by Crippen LogP contribution is -2.64. The van der Waals surface area contributed by atoms with Gasteiger partial charge in [-0.3, -0.25) is 10.1 Å².